The second-order valence-electron chi connectivity index (χ2n) is 4.75. The van der Waals surface area contributed by atoms with Gasteiger partial charge in [-0.05, 0) is 24.3 Å². The molecule has 1 aromatic rings. The van der Waals surface area contributed by atoms with Crippen LogP contribution in [0.3, 0.4) is 0 Å². The fourth-order valence-electron chi connectivity index (χ4n) is 1.96. The number of amides is 1. The molecule has 0 unspecified atom stereocenters. The van der Waals surface area contributed by atoms with E-state index in [1.807, 2.05) is 4.90 Å². The number of carbonyl (C=O) groups is 1. The quantitative estimate of drug-likeness (QED) is 0.846. The van der Waals surface area contributed by atoms with Crippen molar-refractivity contribution in [1.29, 1.82) is 0 Å². The van der Waals surface area contributed by atoms with Gasteiger partial charge in [0, 0.05) is 31.6 Å². The highest BCUT2D eigenvalue weighted by Crippen LogP contribution is 2.22. The third-order valence-electron chi connectivity index (χ3n) is 3.03. The Morgan fingerprint density at radius 3 is 2.64 bits per heavy atom. The lowest BCUT2D eigenvalue weighted by Gasteiger charge is -2.14. The number of hydrogen-bond acceptors (Lipinski definition) is 3. The van der Waals surface area contributed by atoms with Crippen LogP contribution in [0.15, 0.2) is 24.3 Å². The second kappa shape index (κ2) is 7.18. The highest BCUT2D eigenvalue weighted by Gasteiger charge is 2.30. The molecule has 1 N–H and O–H groups in total. The maximum atomic E-state index is 12.0. The molecule has 1 saturated heterocycles. The summed E-state index contributed by atoms with van der Waals surface area (Å²) >= 11 is 0. The summed E-state index contributed by atoms with van der Waals surface area (Å²) in [6.07, 6.45) is -4.24. The number of benzene rings is 1. The highest BCUT2D eigenvalue weighted by atomic mass is 19.4. The SMILES string of the molecule is O=C1CCN(CC#Cc2ccc(OC(F)(F)F)cc2)CCN1. The molecule has 0 saturated carbocycles. The molecule has 0 radical (unpaired) electrons. The molecule has 1 heterocycles. The van der Waals surface area contributed by atoms with E-state index in [0.717, 1.165) is 6.54 Å². The van der Waals surface area contributed by atoms with Crippen molar-refractivity contribution in [3.8, 4) is 17.6 Å². The van der Waals surface area contributed by atoms with Crippen LogP contribution in [-0.4, -0.2) is 43.3 Å². The molecule has 1 fully saturated rings. The molecular formula is C15H15F3N2O2. The molecule has 7 heteroatoms. The van der Waals surface area contributed by atoms with Gasteiger partial charge in [-0.3, -0.25) is 9.69 Å². The van der Waals surface area contributed by atoms with E-state index in [0.29, 0.717) is 31.6 Å². The summed E-state index contributed by atoms with van der Waals surface area (Å²) in [5.41, 5.74) is 0.610. The maximum Gasteiger partial charge on any atom is 0.573 e. The molecule has 0 aliphatic carbocycles. The molecule has 1 aliphatic heterocycles. The number of ether oxygens (including phenoxy) is 1. The first-order valence-corrected chi connectivity index (χ1v) is 6.76. The van der Waals surface area contributed by atoms with E-state index in [-0.39, 0.29) is 11.7 Å². The highest BCUT2D eigenvalue weighted by molar-refractivity contribution is 5.76. The molecule has 4 nitrogen and oxygen atoms in total. The number of nitrogens with zero attached hydrogens (tertiary/aromatic N) is 1. The Bertz CT molecular complexity index is 573. The fraction of sp³-hybridized carbons (Fsp3) is 0.400. The van der Waals surface area contributed by atoms with Crippen LogP contribution in [0, 0.1) is 11.8 Å². The molecule has 118 valence electrons. The third kappa shape index (κ3) is 5.66. The summed E-state index contributed by atoms with van der Waals surface area (Å²) < 4.78 is 39.9. The number of alkyl halides is 3. The van der Waals surface area contributed by atoms with Crippen molar-refractivity contribution >= 4 is 5.91 Å². The number of halogens is 3. The van der Waals surface area contributed by atoms with Crippen molar-refractivity contribution in [2.75, 3.05) is 26.2 Å². The Balaban J connectivity index is 1.87. The van der Waals surface area contributed by atoms with Gasteiger partial charge in [0.2, 0.25) is 5.91 Å². The molecular weight excluding hydrogens is 297 g/mol. The minimum atomic E-state index is -4.69. The summed E-state index contributed by atoms with van der Waals surface area (Å²) in [5.74, 6) is 5.60. The molecule has 0 atom stereocenters. The van der Waals surface area contributed by atoms with Crippen molar-refractivity contribution in [3.63, 3.8) is 0 Å². The topological polar surface area (TPSA) is 41.6 Å². The predicted molar refractivity (Wildman–Crippen MR) is 74.1 cm³/mol. The van der Waals surface area contributed by atoms with Gasteiger partial charge in [0.1, 0.15) is 5.75 Å². The summed E-state index contributed by atoms with van der Waals surface area (Å²) in [4.78, 5) is 13.2. The number of rotatable bonds is 2. The van der Waals surface area contributed by atoms with Crippen molar-refractivity contribution in [2.45, 2.75) is 12.8 Å². The smallest absolute Gasteiger partial charge is 0.406 e. The van der Waals surface area contributed by atoms with Crippen molar-refractivity contribution in [1.82, 2.24) is 10.2 Å². The van der Waals surface area contributed by atoms with E-state index >= 15 is 0 Å². The van der Waals surface area contributed by atoms with E-state index in [2.05, 4.69) is 21.9 Å². The molecule has 1 aromatic carbocycles. The molecule has 0 spiro atoms. The normalized spacial score (nSPS) is 16.2. The Labute approximate surface area is 126 Å². The number of hydrogen-bond donors (Lipinski definition) is 1. The summed E-state index contributed by atoms with van der Waals surface area (Å²) in [6.45, 7) is 2.50. The van der Waals surface area contributed by atoms with Crippen LogP contribution in [0.2, 0.25) is 0 Å². The van der Waals surface area contributed by atoms with Gasteiger partial charge in [-0.2, -0.15) is 0 Å². The lowest BCUT2D eigenvalue weighted by molar-refractivity contribution is -0.274. The van der Waals surface area contributed by atoms with E-state index < -0.39 is 6.36 Å². The van der Waals surface area contributed by atoms with Gasteiger partial charge in [-0.25, -0.2) is 0 Å². The molecule has 22 heavy (non-hydrogen) atoms. The monoisotopic (exact) mass is 312 g/mol. The molecule has 0 bridgehead atoms. The summed E-state index contributed by atoms with van der Waals surface area (Å²) in [5, 5.41) is 2.77. The largest absolute Gasteiger partial charge is 0.573 e. The molecule has 1 aliphatic rings. The van der Waals surface area contributed by atoms with Gasteiger partial charge in [0.05, 0.1) is 6.54 Å². The van der Waals surface area contributed by atoms with Crippen LogP contribution in [0.25, 0.3) is 0 Å². The maximum absolute atomic E-state index is 12.0. The van der Waals surface area contributed by atoms with Gasteiger partial charge in [0.25, 0.3) is 0 Å². The van der Waals surface area contributed by atoms with Gasteiger partial charge in [0.15, 0.2) is 0 Å². The first-order valence-electron chi connectivity index (χ1n) is 6.76. The Morgan fingerprint density at radius 2 is 1.95 bits per heavy atom. The van der Waals surface area contributed by atoms with E-state index in [1.165, 1.54) is 24.3 Å². The average Bonchev–Trinajstić information content (AvgIpc) is 2.64. The lowest BCUT2D eigenvalue weighted by atomic mass is 10.2. The Kier molecular flexibility index (Phi) is 5.28. The zero-order valence-corrected chi connectivity index (χ0v) is 11.7. The van der Waals surface area contributed by atoms with Crippen LogP contribution in [0.4, 0.5) is 13.2 Å². The molecule has 1 amide bonds. The van der Waals surface area contributed by atoms with Gasteiger partial charge >= 0.3 is 6.36 Å². The Morgan fingerprint density at radius 1 is 1.23 bits per heavy atom. The third-order valence-corrected chi connectivity index (χ3v) is 3.03. The van der Waals surface area contributed by atoms with E-state index in [4.69, 9.17) is 0 Å². The van der Waals surface area contributed by atoms with Crippen LogP contribution < -0.4 is 10.1 Å². The average molecular weight is 312 g/mol. The van der Waals surface area contributed by atoms with Gasteiger partial charge < -0.3 is 10.1 Å². The zero-order valence-electron chi connectivity index (χ0n) is 11.7. The Hall–Kier alpha value is -2.20. The van der Waals surface area contributed by atoms with E-state index in [1.54, 1.807) is 0 Å². The zero-order chi connectivity index (χ0) is 16.0. The van der Waals surface area contributed by atoms with Crippen molar-refractivity contribution in [3.05, 3.63) is 29.8 Å². The van der Waals surface area contributed by atoms with Crippen molar-refractivity contribution < 1.29 is 22.7 Å². The first-order chi connectivity index (χ1) is 10.4. The predicted octanol–water partition coefficient (Wildman–Crippen LogP) is 1.76. The standard InChI is InChI=1S/C15H15F3N2O2/c16-15(17,18)22-13-5-3-12(4-6-13)2-1-9-20-10-7-14(21)19-8-11-20/h3-6H,7-11H2,(H,19,21). The van der Waals surface area contributed by atoms with Gasteiger partial charge in [-0.1, -0.05) is 11.8 Å². The fourth-order valence-corrected chi connectivity index (χ4v) is 1.96. The number of nitrogens with one attached hydrogen (secondary N) is 1. The summed E-state index contributed by atoms with van der Waals surface area (Å²) in [7, 11) is 0. The first kappa shape index (κ1) is 16.2. The van der Waals surface area contributed by atoms with Crippen LogP contribution in [0.1, 0.15) is 12.0 Å². The van der Waals surface area contributed by atoms with Gasteiger partial charge in [-0.15, -0.1) is 13.2 Å². The number of carbonyl (C=O) groups excluding carboxylic acids is 1. The van der Waals surface area contributed by atoms with Crippen LogP contribution >= 0.6 is 0 Å². The molecule has 0 aromatic heterocycles. The minimum Gasteiger partial charge on any atom is -0.406 e. The summed E-state index contributed by atoms with van der Waals surface area (Å²) in [6, 6.07) is 5.40. The minimum absolute atomic E-state index is 0.0377. The molecule has 2 rings (SSSR count). The lowest BCUT2D eigenvalue weighted by Crippen LogP contribution is -2.28. The van der Waals surface area contributed by atoms with Crippen LogP contribution in [0.5, 0.6) is 5.75 Å². The van der Waals surface area contributed by atoms with Crippen molar-refractivity contribution in [2.24, 2.45) is 0 Å². The second-order valence-corrected chi connectivity index (χ2v) is 4.75. The van der Waals surface area contributed by atoms with E-state index in [9.17, 15) is 18.0 Å². The van der Waals surface area contributed by atoms with Crippen LogP contribution in [-0.2, 0) is 4.79 Å².